The lowest BCUT2D eigenvalue weighted by Gasteiger charge is -2.23. The topological polar surface area (TPSA) is 73.9 Å². The lowest BCUT2D eigenvalue weighted by atomic mass is 10.1. The van der Waals surface area contributed by atoms with E-state index in [0.717, 1.165) is 0 Å². The van der Waals surface area contributed by atoms with Crippen molar-refractivity contribution in [3.05, 3.63) is 0 Å². The average molecular weight is 259 g/mol. The van der Waals surface area contributed by atoms with Crippen molar-refractivity contribution in [1.82, 2.24) is 5.32 Å². The molecular formula is C12H21NO5. The molecule has 0 unspecified atom stereocenters. The molecule has 104 valence electrons. The van der Waals surface area contributed by atoms with Gasteiger partial charge in [-0.25, -0.2) is 4.79 Å². The quantitative estimate of drug-likeness (QED) is 0.811. The second-order valence-electron chi connectivity index (χ2n) is 5.23. The van der Waals surface area contributed by atoms with E-state index in [2.05, 4.69) is 5.32 Å². The number of ketones is 1. The third-order valence-corrected chi connectivity index (χ3v) is 2.40. The van der Waals surface area contributed by atoms with Crippen LogP contribution >= 0.6 is 0 Å². The van der Waals surface area contributed by atoms with Crippen molar-refractivity contribution in [2.75, 3.05) is 20.3 Å². The first-order valence-electron chi connectivity index (χ1n) is 5.96. The van der Waals surface area contributed by atoms with E-state index in [0.29, 0.717) is 13.0 Å². The summed E-state index contributed by atoms with van der Waals surface area (Å²) in [5, 5.41) is 2.66. The molecule has 0 aromatic heterocycles. The predicted octanol–water partition coefficient (Wildman–Crippen LogP) is 0.884. The molecular weight excluding hydrogens is 238 g/mol. The summed E-state index contributed by atoms with van der Waals surface area (Å²) in [6, 6.07) is -0.345. The Kier molecular flexibility index (Phi) is 5.10. The maximum atomic E-state index is 11.7. The van der Waals surface area contributed by atoms with Gasteiger partial charge in [0.2, 0.25) is 0 Å². The minimum atomic E-state index is -0.641. The first-order chi connectivity index (χ1) is 8.33. The van der Waals surface area contributed by atoms with Gasteiger partial charge in [0.15, 0.2) is 5.78 Å². The molecule has 18 heavy (non-hydrogen) atoms. The minimum Gasteiger partial charge on any atom is -0.444 e. The maximum Gasteiger partial charge on any atom is 0.407 e. The van der Waals surface area contributed by atoms with E-state index in [-0.39, 0.29) is 18.4 Å². The van der Waals surface area contributed by atoms with Crippen molar-refractivity contribution in [2.45, 2.75) is 44.9 Å². The molecule has 1 aliphatic heterocycles. The molecule has 0 saturated carbocycles. The third-order valence-electron chi connectivity index (χ3n) is 2.40. The van der Waals surface area contributed by atoms with E-state index >= 15 is 0 Å². The number of hydrogen-bond donors (Lipinski definition) is 1. The van der Waals surface area contributed by atoms with Gasteiger partial charge in [0.1, 0.15) is 18.3 Å². The van der Waals surface area contributed by atoms with Crippen LogP contribution in [0.2, 0.25) is 0 Å². The van der Waals surface area contributed by atoms with Gasteiger partial charge < -0.3 is 19.5 Å². The van der Waals surface area contributed by atoms with Crippen LogP contribution in [0.3, 0.4) is 0 Å². The summed E-state index contributed by atoms with van der Waals surface area (Å²) < 4.78 is 15.2. The molecule has 1 aliphatic rings. The molecule has 1 N–H and O–H groups in total. The molecule has 6 nitrogen and oxygen atoms in total. The van der Waals surface area contributed by atoms with Gasteiger partial charge in [-0.3, -0.25) is 4.79 Å². The second-order valence-corrected chi connectivity index (χ2v) is 5.23. The molecule has 1 amide bonds. The first kappa shape index (κ1) is 14.9. The highest BCUT2D eigenvalue weighted by Crippen LogP contribution is 2.16. The lowest BCUT2D eigenvalue weighted by Crippen LogP contribution is -2.46. The molecule has 0 aromatic rings. The van der Waals surface area contributed by atoms with Crippen molar-refractivity contribution in [3.63, 3.8) is 0 Å². The molecule has 1 rings (SSSR count). The van der Waals surface area contributed by atoms with Crippen LogP contribution in [0.15, 0.2) is 0 Å². The smallest absolute Gasteiger partial charge is 0.407 e. The van der Waals surface area contributed by atoms with Gasteiger partial charge in [-0.2, -0.15) is 0 Å². The Morgan fingerprint density at radius 2 is 2.06 bits per heavy atom. The largest absolute Gasteiger partial charge is 0.444 e. The van der Waals surface area contributed by atoms with Crippen molar-refractivity contribution in [3.8, 4) is 0 Å². The Hall–Kier alpha value is -1.14. The Bertz CT molecular complexity index is 310. The van der Waals surface area contributed by atoms with Crippen molar-refractivity contribution in [2.24, 2.45) is 0 Å². The summed E-state index contributed by atoms with van der Waals surface area (Å²) in [6.07, 6.45) is -0.579. The fourth-order valence-electron chi connectivity index (χ4n) is 1.74. The van der Waals surface area contributed by atoms with Crippen LogP contribution in [-0.4, -0.2) is 49.9 Å². The summed E-state index contributed by atoms with van der Waals surface area (Å²) in [4.78, 5) is 23.3. The van der Waals surface area contributed by atoms with Crippen LogP contribution in [0.25, 0.3) is 0 Å². The maximum absolute atomic E-state index is 11.7. The lowest BCUT2D eigenvalue weighted by molar-refractivity contribution is -0.132. The zero-order valence-electron chi connectivity index (χ0n) is 11.3. The highest BCUT2D eigenvalue weighted by atomic mass is 16.6. The van der Waals surface area contributed by atoms with Crippen LogP contribution in [0.4, 0.5) is 4.79 Å². The number of nitrogens with one attached hydrogen (secondary N) is 1. The fraction of sp³-hybridized carbons (Fsp3) is 0.833. The highest BCUT2D eigenvalue weighted by molar-refractivity contribution is 5.86. The molecule has 1 fully saturated rings. The molecule has 0 aliphatic carbocycles. The zero-order valence-corrected chi connectivity index (χ0v) is 11.3. The summed E-state index contributed by atoms with van der Waals surface area (Å²) in [5.41, 5.74) is -0.560. The van der Waals surface area contributed by atoms with Gasteiger partial charge in [0.25, 0.3) is 0 Å². The van der Waals surface area contributed by atoms with Gasteiger partial charge in [-0.15, -0.1) is 0 Å². The zero-order chi connectivity index (χ0) is 13.8. The number of carbonyl (C=O) groups is 2. The first-order valence-corrected chi connectivity index (χ1v) is 5.96. The molecule has 0 aromatic carbocycles. The monoisotopic (exact) mass is 259 g/mol. The van der Waals surface area contributed by atoms with Gasteiger partial charge in [0, 0.05) is 13.7 Å². The van der Waals surface area contributed by atoms with E-state index in [1.54, 1.807) is 20.8 Å². The van der Waals surface area contributed by atoms with Crippen molar-refractivity contribution in [1.29, 1.82) is 0 Å². The second kappa shape index (κ2) is 6.15. The fourth-order valence-corrected chi connectivity index (χ4v) is 1.74. The number of alkyl carbamates (subject to hydrolysis) is 1. The number of Topliss-reactive ketones (excluding diaryl/α,β-unsaturated/α-hetero) is 1. The van der Waals surface area contributed by atoms with E-state index in [9.17, 15) is 9.59 Å². The SMILES string of the molecule is COCC(=O)[C@@H]1OCC[C@@H]1NC(=O)OC(C)(C)C. The van der Waals surface area contributed by atoms with Gasteiger partial charge in [0.05, 0.1) is 6.04 Å². The van der Waals surface area contributed by atoms with E-state index in [1.807, 2.05) is 0 Å². The molecule has 0 spiro atoms. The van der Waals surface area contributed by atoms with Crippen LogP contribution < -0.4 is 5.32 Å². The Morgan fingerprint density at radius 1 is 1.39 bits per heavy atom. The predicted molar refractivity (Wildman–Crippen MR) is 64.4 cm³/mol. The number of ether oxygens (including phenoxy) is 3. The molecule has 0 radical (unpaired) electrons. The highest BCUT2D eigenvalue weighted by Gasteiger charge is 2.35. The van der Waals surface area contributed by atoms with Crippen LogP contribution in [0, 0.1) is 0 Å². The average Bonchev–Trinajstić information content (AvgIpc) is 2.62. The number of amides is 1. The van der Waals surface area contributed by atoms with Crippen LogP contribution in [0.5, 0.6) is 0 Å². The third kappa shape index (κ3) is 4.62. The number of hydrogen-bond acceptors (Lipinski definition) is 5. The van der Waals surface area contributed by atoms with Crippen LogP contribution in [-0.2, 0) is 19.0 Å². The van der Waals surface area contributed by atoms with Gasteiger partial charge in [-0.05, 0) is 27.2 Å². The Labute approximate surface area is 107 Å². The Balaban J connectivity index is 2.50. The van der Waals surface area contributed by atoms with Crippen LogP contribution in [0.1, 0.15) is 27.2 Å². The summed E-state index contributed by atoms with van der Waals surface area (Å²) >= 11 is 0. The summed E-state index contributed by atoms with van der Waals surface area (Å²) in [5.74, 6) is -0.170. The standard InChI is InChI=1S/C12H21NO5/c1-12(2,3)18-11(15)13-8-5-6-17-10(8)9(14)7-16-4/h8,10H,5-7H2,1-4H3,(H,13,15)/t8-,10+/m0/s1. The minimum absolute atomic E-state index is 0.0167. The molecule has 1 heterocycles. The number of rotatable bonds is 4. The number of carbonyl (C=O) groups excluding carboxylic acids is 2. The van der Waals surface area contributed by atoms with E-state index in [1.165, 1.54) is 7.11 Å². The van der Waals surface area contributed by atoms with E-state index in [4.69, 9.17) is 14.2 Å². The summed E-state index contributed by atoms with van der Waals surface area (Å²) in [6.45, 7) is 5.78. The summed E-state index contributed by atoms with van der Waals surface area (Å²) in [7, 11) is 1.45. The van der Waals surface area contributed by atoms with Gasteiger partial charge >= 0.3 is 6.09 Å². The van der Waals surface area contributed by atoms with E-state index < -0.39 is 17.8 Å². The molecule has 1 saturated heterocycles. The molecule has 2 atom stereocenters. The van der Waals surface area contributed by atoms with Crippen molar-refractivity contribution >= 4 is 11.9 Å². The Morgan fingerprint density at radius 3 is 2.61 bits per heavy atom. The van der Waals surface area contributed by atoms with Crippen molar-refractivity contribution < 1.29 is 23.8 Å². The molecule has 6 heteroatoms. The molecule has 0 bridgehead atoms. The number of methoxy groups -OCH3 is 1. The normalized spacial score (nSPS) is 23.8. The van der Waals surface area contributed by atoms with Gasteiger partial charge in [-0.1, -0.05) is 0 Å².